The SMILES string of the molecule is CC1CC(C)CN(C(=O)c2ccccc2NC(=O)Cn2c(=O)oc3cc([N+](=O)[O-])ccc32)C1. The van der Waals surface area contributed by atoms with Gasteiger partial charge in [0, 0.05) is 19.2 Å². The molecule has 2 amide bonds. The molecule has 4 rings (SSSR count). The van der Waals surface area contributed by atoms with Crippen molar-refractivity contribution >= 4 is 34.3 Å². The molecule has 0 bridgehead atoms. The van der Waals surface area contributed by atoms with E-state index in [1.54, 1.807) is 24.3 Å². The number of hydrogen-bond acceptors (Lipinski definition) is 6. The number of nitro groups is 1. The zero-order valence-corrected chi connectivity index (χ0v) is 18.3. The summed E-state index contributed by atoms with van der Waals surface area (Å²) in [5.41, 5.74) is 0.802. The van der Waals surface area contributed by atoms with Crippen LogP contribution in [0.15, 0.2) is 51.7 Å². The second-order valence-electron chi connectivity index (χ2n) is 8.61. The summed E-state index contributed by atoms with van der Waals surface area (Å²) in [6.45, 7) is 5.18. The zero-order chi connectivity index (χ0) is 23.7. The van der Waals surface area contributed by atoms with Crippen molar-refractivity contribution in [2.75, 3.05) is 18.4 Å². The van der Waals surface area contributed by atoms with Gasteiger partial charge in [0.15, 0.2) is 5.58 Å². The molecule has 1 fully saturated rings. The molecule has 2 heterocycles. The predicted octanol–water partition coefficient (Wildman–Crippen LogP) is 3.26. The van der Waals surface area contributed by atoms with Crippen LogP contribution in [-0.4, -0.2) is 39.3 Å². The fourth-order valence-corrected chi connectivity index (χ4v) is 4.43. The van der Waals surface area contributed by atoms with Crippen LogP contribution in [0.4, 0.5) is 11.4 Å². The summed E-state index contributed by atoms with van der Waals surface area (Å²) in [6.07, 6.45) is 1.07. The van der Waals surface area contributed by atoms with Crippen LogP contribution in [-0.2, 0) is 11.3 Å². The van der Waals surface area contributed by atoms with E-state index < -0.39 is 16.6 Å². The number of piperidine rings is 1. The lowest BCUT2D eigenvalue weighted by molar-refractivity contribution is -0.384. The Morgan fingerprint density at radius 3 is 2.55 bits per heavy atom. The Balaban J connectivity index is 1.54. The summed E-state index contributed by atoms with van der Waals surface area (Å²) in [5.74, 6) is -0.685. The number of likely N-dealkylation sites (tertiary alicyclic amines) is 1. The molecule has 172 valence electrons. The second kappa shape index (κ2) is 8.89. The van der Waals surface area contributed by atoms with E-state index in [4.69, 9.17) is 4.42 Å². The van der Waals surface area contributed by atoms with Crippen LogP contribution in [0.3, 0.4) is 0 Å². The standard InChI is InChI=1S/C23H24N4O6/c1-14-9-15(2)12-25(11-14)22(29)17-5-3-4-6-18(17)24-21(28)13-26-19-8-7-16(27(31)32)10-20(19)33-23(26)30/h3-8,10,14-15H,9,11-13H2,1-2H3,(H,24,28). The molecule has 2 atom stereocenters. The van der Waals surface area contributed by atoms with E-state index in [9.17, 15) is 24.5 Å². The molecule has 3 aromatic rings. The predicted molar refractivity (Wildman–Crippen MR) is 121 cm³/mol. The molecule has 1 aliphatic heterocycles. The van der Waals surface area contributed by atoms with Crippen LogP contribution in [0, 0.1) is 22.0 Å². The molecule has 2 unspecified atom stereocenters. The maximum absolute atomic E-state index is 13.2. The summed E-state index contributed by atoms with van der Waals surface area (Å²) in [4.78, 5) is 50.3. The zero-order valence-electron chi connectivity index (χ0n) is 18.3. The lowest BCUT2D eigenvalue weighted by Crippen LogP contribution is -2.42. The minimum atomic E-state index is -0.804. The molecule has 1 aromatic heterocycles. The summed E-state index contributed by atoms with van der Waals surface area (Å²) in [6, 6.07) is 10.5. The first-order valence-corrected chi connectivity index (χ1v) is 10.7. The molecule has 10 heteroatoms. The highest BCUT2D eigenvalue weighted by molar-refractivity contribution is 6.03. The fourth-order valence-electron chi connectivity index (χ4n) is 4.43. The first-order valence-electron chi connectivity index (χ1n) is 10.7. The van der Waals surface area contributed by atoms with Crippen LogP contribution in [0.2, 0.25) is 0 Å². The normalized spacial score (nSPS) is 18.3. The number of hydrogen-bond donors (Lipinski definition) is 1. The maximum atomic E-state index is 13.2. The molecular weight excluding hydrogens is 428 g/mol. The number of aromatic nitrogens is 1. The van der Waals surface area contributed by atoms with Crippen molar-refractivity contribution in [3.05, 3.63) is 68.7 Å². The number of nitrogens with zero attached hydrogens (tertiary/aromatic N) is 3. The van der Waals surface area contributed by atoms with Crippen molar-refractivity contribution in [1.29, 1.82) is 0 Å². The highest BCUT2D eigenvalue weighted by Crippen LogP contribution is 2.25. The molecule has 1 saturated heterocycles. The Morgan fingerprint density at radius 1 is 1.15 bits per heavy atom. The Labute approximate surface area is 188 Å². The fraction of sp³-hybridized carbons (Fsp3) is 0.348. The summed E-state index contributed by atoms with van der Waals surface area (Å²) in [5, 5.41) is 13.7. The number of para-hydroxylation sites is 1. The van der Waals surface area contributed by atoms with Crippen molar-refractivity contribution in [3.8, 4) is 0 Å². The van der Waals surface area contributed by atoms with Gasteiger partial charge >= 0.3 is 5.76 Å². The molecular formula is C23H24N4O6. The molecule has 0 saturated carbocycles. The van der Waals surface area contributed by atoms with Gasteiger partial charge in [-0.15, -0.1) is 0 Å². The van der Waals surface area contributed by atoms with E-state index in [1.807, 2.05) is 4.90 Å². The van der Waals surface area contributed by atoms with Gasteiger partial charge in [0.25, 0.3) is 11.6 Å². The number of rotatable bonds is 5. The lowest BCUT2D eigenvalue weighted by Gasteiger charge is -2.35. The summed E-state index contributed by atoms with van der Waals surface area (Å²) < 4.78 is 6.15. The van der Waals surface area contributed by atoms with Crippen LogP contribution in [0.1, 0.15) is 30.6 Å². The first-order chi connectivity index (χ1) is 15.7. The number of anilines is 1. The molecule has 33 heavy (non-hydrogen) atoms. The molecule has 10 nitrogen and oxygen atoms in total. The van der Waals surface area contributed by atoms with Gasteiger partial charge in [0.05, 0.1) is 27.8 Å². The highest BCUT2D eigenvalue weighted by atomic mass is 16.6. The van der Waals surface area contributed by atoms with E-state index in [0.29, 0.717) is 36.2 Å². The first kappa shape index (κ1) is 22.3. The Bertz CT molecular complexity index is 1280. The average molecular weight is 452 g/mol. The molecule has 1 N–H and O–H groups in total. The number of carbonyl (C=O) groups is 2. The van der Waals surface area contributed by atoms with Gasteiger partial charge < -0.3 is 14.6 Å². The van der Waals surface area contributed by atoms with Gasteiger partial charge in [0.1, 0.15) is 6.54 Å². The monoisotopic (exact) mass is 452 g/mol. The Kier molecular flexibility index (Phi) is 5.99. The molecule has 0 aliphatic carbocycles. The number of benzene rings is 2. The van der Waals surface area contributed by atoms with Gasteiger partial charge in [0.2, 0.25) is 5.91 Å². The minimum absolute atomic E-state index is 0.0194. The summed E-state index contributed by atoms with van der Waals surface area (Å²) in [7, 11) is 0. The highest BCUT2D eigenvalue weighted by Gasteiger charge is 2.27. The number of oxazole rings is 1. The van der Waals surface area contributed by atoms with Crippen molar-refractivity contribution in [1.82, 2.24) is 9.47 Å². The van der Waals surface area contributed by atoms with E-state index in [2.05, 4.69) is 19.2 Å². The topological polar surface area (TPSA) is 128 Å². The van der Waals surface area contributed by atoms with Crippen LogP contribution in [0.5, 0.6) is 0 Å². The van der Waals surface area contributed by atoms with Gasteiger partial charge in [-0.1, -0.05) is 26.0 Å². The van der Waals surface area contributed by atoms with Crippen molar-refractivity contribution < 1.29 is 18.9 Å². The summed E-state index contributed by atoms with van der Waals surface area (Å²) >= 11 is 0. The van der Waals surface area contributed by atoms with E-state index >= 15 is 0 Å². The number of amides is 2. The van der Waals surface area contributed by atoms with Gasteiger partial charge in [-0.3, -0.25) is 24.3 Å². The number of fused-ring (bicyclic) bond motifs is 1. The number of non-ortho nitro benzene ring substituents is 1. The largest absolute Gasteiger partial charge is 0.420 e. The van der Waals surface area contributed by atoms with Crippen molar-refractivity contribution in [2.24, 2.45) is 11.8 Å². The number of carbonyl (C=O) groups excluding carboxylic acids is 2. The quantitative estimate of drug-likeness (QED) is 0.467. The number of nitrogens with one attached hydrogen (secondary N) is 1. The van der Waals surface area contributed by atoms with Crippen LogP contribution >= 0.6 is 0 Å². The Hall–Kier alpha value is -3.95. The molecule has 2 aromatic carbocycles. The third kappa shape index (κ3) is 4.64. The van der Waals surface area contributed by atoms with Crippen LogP contribution < -0.4 is 11.1 Å². The lowest BCUT2D eigenvalue weighted by atomic mass is 9.91. The van der Waals surface area contributed by atoms with Gasteiger partial charge in [-0.05, 0) is 36.5 Å². The van der Waals surface area contributed by atoms with Gasteiger partial charge in [-0.2, -0.15) is 0 Å². The maximum Gasteiger partial charge on any atom is 0.420 e. The molecule has 0 radical (unpaired) electrons. The van der Waals surface area contributed by atoms with Gasteiger partial charge in [-0.25, -0.2) is 4.79 Å². The van der Waals surface area contributed by atoms with E-state index in [-0.39, 0.29) is 29.2 Å². The smallest absolute Gasteiger partial charge is 0.407 e. The third-order valence-electron chi connectivity index (χ3n) is 5.75. The average Bonchev–Trinajstić information content (AvgIpc) is 3.07. The van der Waals surface area contributed by atoms with Crippen molar-refractivity contribution in [3.63, 3.8) is 0 Å². The molecule has 1 aliphatic rings. The van der Waals surface area contributed by atoms with Crippen LogP contribution in [0.25, 0.3) is 11.1 Å². The Morgan fingerprint density at radius 2 is 1.85 bits per heavy atom. The van der Waals surface area contributed by atoms with E-state index in [1.165, 1.54) is 12.1 Å². The third-order valence-corrected chi connectivity index (χ3v) is 5.75. The van der Waals surface area contributed by atoms with E-state index in [0.717, 1.165) is 17.1 Å². The minimum Gasteiger partial charge on any atom is -0.407 e. The second-order valence-corrected chi connectivity index (χ2v) is 8.61. The number of nitro benzene ring substituents is 1. The van der Waals surface area contributed by atoms with Crippen molar-refractivity contribution in [2.45, 2.75) is 26.8 Å². The molecule has 0 spiro atoms.